The van der Waals surface area contributed by atoms with Crippen molar-refractivity contribution in [3.8, 4) is 0 Å². The molecule has 0 atom stereocenters. The van der Waals surface area contributed by atoms with Crippen molar-refractivity contribution >= 4 is 11.0 Å². The van der Waals surface area contributed by atoms with Gasteiger partial charge in [0.2, 0.25) is 0 Å². The summed E-state index contributed by atoms with van der Waals surface area (Å²) in [4.78, 5) is 16.8. The standard InChI is InChI=1S/C14H21N3O/c1-13(2,3)16-10-7-8-15-9-11(10)17(12(16)18)14(4,5)6/h7-9H,1-6H3. The van der Waals surface area contributed by atoms with Gasteiger partial charge in [-0.15, -0.1) is 0 Å². The van der Waals surface area contributed by atoms with Crippen molar-refractivity contribution in [3.05, 3.63) is 28.9 Å². The molecule has 98 valence electrons. The van der Waals surface area contributed by atoms with Crippen LogP contribution in [0.5, 0.6) is 0 Å². The fourth-order valence-electron chi connectivity index (χ4n) is 2.34. The van der Waals surface area contributed by atoms with Crippen LogP contribution in [0.4, 0.5) is 0 Å². The molecule has 2 heterocycles. The number of aromatic nitrogens is 3. The van der Waals surface area contributed by atoms with Gasteiger partial charge < -0.3 is 0 Å². The molecule has 0 saturated heterocycles. The molecular formula is C14H21N3O. The molecule has 0 aliphatic carbocycles. The molecule has 0 unspecified atom stereocenters. The van der Waals surface area contributed by atoms with Crippen LogP contribution in [0.15, 0.2) is 23.3 Å². The van der Waals surface area contributed by atoms with Gasteiger partial charge in [-0.3, -0.25) is 14.1 Å². The third kappa shape index (κ3) is 1.85. The van der Waals surface area contributed by atoms with E-state index in [2.05, 4.69) is 4.98 Å². The lowest BCUT2D eigenvalue weighted by molar-refractivity contribution is 0.350. The average Bonchev–Trinajstić information content (AvgIpc) is 2.47. The summed E-state index contributed by atoms with van der Waals surface area (Å²) >= 11 is 0. The van der Waals surface area contributed by atoms with E-state index in [9.17, 15) is 4.79 Å². The molecule has 2 rings (SSSR count). The Balaban J connectivity index is 2.99. The Kier molecular flexibility index (Phi) is 2.65. The van der Waals surface area contributed by atoms with E-state index in [4.69, 9.17) is 0 Å². The molecule has 2 aromatic rings. The highest BCUT2D eigenvalue weighted by atomic mass is 16.2. The van der Waals surface area contributed by atoms with E-state index >= 15 is 0 Å². The number of rotatable bonds is 0. The molecule has 0 N–H and O–H groups in total. The third-order valence-electron chi connectivity index (χ3n) is 2.98. The minimum absolute atomic E-state index is 0.0259. The molecule has 0 aromatic carbocycles. The van der Waals surface area contributed by atoms with Crippen LogP contribution < -0.4 is 5.69 Å². The van der Waals surface area contributed by atoms with E-state index in [1.807, 2.05) is 56.7 Å². The number of imidazole rings is 1. The van der Waals surface area contributed by atoms with Crippen LogP contribution in [-0.2, 0) is 11.1 Å². The highest BCUT2D eigenvalue weighted by Gasteiger charge is 2.27. The Hall–Kier alpha value is -1.58. The second-order valence-corrected chi connectivity index (χ2v) is 6.66. The lowest BCUT2D eigenvalue weighted by Gasteiger charge is -2.22. The van der Waals surface area contributed by atoms with Crippen LogP contribution in [0, 0.1) is 0 Å². The molecule has 4 nitrogen and oxygen atoms in total. The zero-order chi connectivity index (χ0) is 13.7. The Morgan fingerprint density at radius 2 is 1.44 bits per heavy atom. The van der Waals surface area contributed by atoms with Crippen molar-refractivity contribution < 1.29 is 0 Å². The first-order valence-electron chi connectivity index (χ1n) is 6.22. The van der Waals surface area contributed by atoms with Gasteiger partial charge >= 0.3 is 5.69 Å². The zero-order valence-corrected chi connectivity index (χ0v) is 12.0. The summed E-state index contributed by atoms with van der Waals surface area (Å²) in [6, 6.07) is 1.91. The monoisotopic (exact) mass is 247 g/mol. The zero-order valence-electron chi connectivity index (χ0n) is 12.0. The van der Waals surface area contributed by atoms with Gasteiger partial charge in [-0.25, -0.2) is 4.79 Å². The fourth-order valence-corrected chi connectivity index (χ4v) is 2.34. The molecule has 0 spiro atoms. The van der Waals surface area contributed by atoms with E-state index in [0.717, 1.165) is 11.0 Å². The van der Waals surface area contributed by atoms with Gasteiger partial charge in [0.1, 0.15) is 0 Å². The van der Waals surface area contributed by atoms with Crippen LogP contribution >= 0.6 is 0 Å². The molecule has 2 aromatic heterocycles. The molecule has 0 aliphatic heterocycles. The number of nitrogens with zero attached hydrogens (tertiary/aromatic N) is 3. The third-order valence-corrected chi connectivity index (χ3v) is 2.98. The van der Waals surface area contributed by atoms with Gasteiger partial charge in [-0.05, 0) is 47.6 Å². The quantitative estimate of drug-likeness (QED) is 0.718. The molecule has 0 saturated carbocycles. The van der Waals surface area contributed by atoms with Crippen molar-refractivity contribution in [1.82, 2.24) is 14.1 Å². The van der Waals surface area contributed by atoms with Crippen molar-refractivity contribution in [2.45, 2.75) is 52.6 Å². The van der Waals surface area contributed by atoms with Gasteiger partial charge in [-0.1, -0.05) is 0 Å². The lowest BCUT2D eigenvalue weighted by Crippen LogP contribution is -2.39. The maximum absolute atomic E-state index is 12.7. The summed E-state index contributed by atoms with van der Waals surface area (Å²) in [5.74, 6) is 0. The Morgan fingerprint density at radius 3 is 1.94 bits per heavy atom. The van der Waals surface area contributed by atoms with Crippen LogP contribution in [0.2, 0.25) is 0 Å². The maximum atomic E-state index is 12.7. The van der Waals surface area contributed by atoms with Gasteiger partial charge in [-0.2, -0.15) is 0 Å². The van der Waals surface area contributed by atoms with Crippen molar-refractivity contribution in [1.29, 1.82) is 0 Å². The predicted molar refractivity (Wildman–Crippen MR) is 74.0 cm³/mol. The molecule has 0 aliphatic rings. The minimum Gasteiger partial charge on any atom is -0.287 e. The fraction of sp³-hybridized carbons (Fsp3) is 0.571. The summed E-state index contributed by atoms with van der Waals surface area (Å²) < 4.78 is 3.66. The number of hydrogen-bond acceptors (Lipinski definition) is 2. The van der Waals surface area contributed by atoms with E-state index in [1.54, 1.807) is 12.4 Å². The van der Waals surface area contributed by atoms with E-state index < -0.39 is 0 Å². The first-order chi connectivity index (χ1) is 8.14. The Morgan fingerprint density at radius 1 is 0.944 bits per heavy atom. The summed E-state index contributed by atoms with van der Waals surface area (Å²) in [6.07, 6.45) is 3.50. The van der Waals surface area contributed by atoms with Crippen LogP contribution in [0.25, 0.3) is 11.0 Å². The summed E-state index contributed by atoms with van der Waals surface area (Å²) in [6.45, 7) is 12.2. The van der Waals surface area contributed by atoms with E-state index in [0.29, 0.717) is 0 Å². The Bertz CT molecular complexity index is 582. The van der Waals surface area contributed by atoms with Crippen LogP contribution in [0.1, 0.15) is 41.5 Å². The summed E-state index contributed by atoms with van der Waals surface area (Å²) in [5.41, 5.74) is 1.36. The smallest absolute Gasteiger partial charge is 0.287 e. The van der Waals surface area contributed by atoms with Crippen molar-refractivity contribution in [2.75, 3.05) is 0 Å². The molecule has 0 bridgehead atoms. The van der Waals surface area contributed by atoms with E-state index in [1.165, 1.54) is 0 Å². The molecule has 0 radical (unpaired) electrons. The topological polar surface area (TPSA) is 39.8 Å². The second kappa shape index (κ2) is 3.70. The normalized spacial score (nSPS) is 13.2. The number of hydrogen-bond donors (Lipinski definition) is 0. The highest BCUT2D eigenvalue weighted by molar-refractivity contribution is 5.75. The second-order valence-electron chi connectivity index (χ2n) is 6.66. The van der Waals surface area contributed by atoms with E-state index in [-0.39, 0.29) is 16.8 Å². The Labute approximate surface area is 107 Å². The highest BCUT2D eigenvalue weighted by Crippen LogP contribution is 2.24. The number of fused-ring (bicyclic) bond motifs is 1. The minimum atomic E-state index is -0.255. The SMILES string of the molecule is CC(C)(C)n1c(=O)n(C(C)(C)C)c2cnccc21. The van der Waals surface area contributed by atoms with Crippen molar-refractivity contribution in [3.63, 3.8) is 0 Å². The number of pyridine rings is 1. The molecule has 0 fully saturated rings. The van der Waals surface area contributed by atoms with Crippen LogP contribution in [0.3, 0.4) is 0 Å². The molecular weight excluding hydrogens is 226 g/mol. The lowest BCUT2D eigenvalue weighted by atomic mass is 10.1. The predicted octanol–water partition coefficient (Wildman–Crippen LogP) is 2.71. The van der Waals surface area contributed by atoms with Crippen molar-refractivity contribution in [2.24, 2.45) is 0 Å². The van der Waals surface area contributed by atoms with Gasteiger partial charge in [0, 0.05) is 17.3 Å². The van der Waals surface area contributed by atoms with Gasteiger partial charge in [0.15, 0.2) is 0 Å². The largest absolute Gasteiger partial charge is 0.330 e. The molecule has 18 heavy (non-hydrogen) atoms. The first kappa shape index (κ1) is 12.9. The average molecular weight is 247 g/mol. The van der Waals surface area contributed by atoms with Crippen LogP contribution in [-0.4, -0.2) is 14.1 Å². The summed E-state index contributed by atoms with van der Waals surface area (Å²) in [7, 11) is 0. The first-order valence-corrected chi connectivity index (χ1v) is 6.22. The molecule has 4 heteroatoms. The van der Waals surface area contributed by atoms with Gasteiger partial charge in [0.05, 0.1) is 17.2 Å². The van der Waals surface area contributed by atoms with Gasteiger partial charge in [0.25, 0.3) is 0 Å². The molecule has 0 amide bonds. The summed E-state index contributed by atoms with van der Waals surface area (Å²) in [5, 5.41) is 0. The maximum Gasteiger partial charge on any atom is 0.330 e.